The van der Waals surface area contributed by atoms with Crippen molar-refractivity contribution in [3.8, 4) is 5.75 Å². The zero-order valence-electron chi connectivity index (χ0n) is 8.74. The maximum absolute atomic E-state index is 12.8. The van der Waals surface area contributed by atoms with Crippen molar-refractivity contribution in [3.63, 3.8) is 0 Å². The molecule has 0 saturated heterocycles. The number of ether oxygens (including phenoxy) is 1. The van der Waals surface area contributed by atoms with Crippen LogP contribution in [0.15, 0.2) is 18.2 Å². The van der Waals surface area contributed by atoms with Gasteiger partial charge in [0.2, 0.25) is 0 Å². The minimum absolute atomic E-state index is 0.261. The Balaban J connectivity index is 1.92. The van der Waals surface area contributed by atoms with Crippen LogP contribution in [0.2, 0.25) is 0 Å². The van der Waals surface area contributed by atoms with Gasteiger partial charge < -0.3 is 9.84 Å². The molecule has 3 heteroatoms. The molecule has 0 spiro atoms. The molecule has 1 saturated carbocycles. The first-order valence-electron chi connectivity index (χ1n) is 5.24. The standard InChI is InChI=1S/C12H15FO2/c1-8-6-10(13)4-5-12(8)15-7-11(14)9-2-3-9/h4-6,9,11,14H,2-3,7H2,1H3. The lowest BCUT2D eigenvalue weighted by Gasteiger charge is -2.12. The molecule has 1 aromatic rings. The first kappa shape index (κ1) is 10.4. The minimum Gasteiger partial charge on any atom is -0.491 e. The third-order valence-corrected chi connectivity index (χ3v) is 2.71. The monoisotopic (exact) mass is 210 g/mol. The summed E-state index contributed by atoms with van der Waals surface area (Å²) in [4.78, 5) is 0. The molecule has 1 unspecified atom stereocenters. The molecular weight excluding hydrogens is 195 g/mol. The highest BCUT2D eigenvalue weighted by Gasteiger charge is 2.30. The second-order valence-corrected chi connectivity index (χ2v) is 4.13. The van der Waals surface area contributed by atoms with Gasteiger partial charge in [-0.1, -0.05) is 0 Å². The lowest BCUT2D eigenvalue weighted by atomic mass is 10.2. The van der Waals surface area contributed by atoms with Crippen molar-refractivity contribution < 1.29 is 14.2 Å². The molecule has 0 aromatic heterocycles. The van der Waals surface area contributed by atoms with Gasteiger partial charge in [0.25, 0.3) is 0 Å². The number of aryl methyl sites for hydroxylation is 1. The Morgan fingerprint density at radius 1 is 1.53 bits per heavy atom. The van der Waals surface area contributed by atoms with Gasteiger partial charge in [0.1, 0.15) is 18.2 Å². The molecule has 1 N–H and O–H groups in total. The summed E-state index contributed by atoms with van der Waals surface area (Å²) in [5, 5.41) is 9.60. The van der Waals surface area contributed by atoms with Gasteiger partial charge >= 0.3 is 0 Å². The van der Waals surface area contributed by atoms with Crippen LogP contribution < -0.4 is 4.74 Å². The highest BCUT2D eigenvalue weighted by molar-refractivity contribution is 5.32. The molecule has 2 nitrogen and oxygen atoms in total. The van der Waals surface area contributed by atoms with Crippen LogP contribution in [0.25, 0.3) is 0 Å². The molecule has 1 aliphatic rings. The van der Waals surface area contributed by atoms with Crippen LogP contribution in [0.5, 0.6) is 5.75 Å². The summed E-state index contributed by atoms with van der Waals surface area (Å²) in [7, 11) is 0. The van der Waals surface area contributed by atoms with E-state index in [4.69, 9.17) is 4.74 Å². The van der Waals surface area contributed by atoms with Crippen molar-refractivity contribution in [2.24, 2.45) is 5.92 Å². The first-order valence-corrected chi connectivity index (χ1v) is 5.24. The zero-order valence-corrected chi connectivity index (χ0v) is 8.74. The number of hydrogen-bond donors (Lipinski definition) is 1. The van der Waals surface area contributed by atoms with E-state index in [1.165, 1.54) is 12.1 Å². The normalized spacial score (nSPS) is 17.5. The quantitative estimate of drug-likeness (QED) is 0.826. The highest BCUT2D eigenvalue weighted by Crippen LogP contribution is 2.33. The summed E-state index contributed by atoms with van der Waals surface area (Å²) < 4.78 is 18.2. The fourth-order valence-electron chi connectivity index (χ4n) is 1.57. The second-order valence-electron chi connectivity index (χ2n) is 4.13. The molecule has 1 atom stereocenters. The van der Waals surface area contributed by atoms with Crippen molar-refractivity contribution in [2.75, 3.05) is 6.61 Å². The van der Waals surface area contributed by atoms with Crippen molar-refractivity contribution in [3.05, 3.63) is 29.6 Å². The molecule has 0 aliphatic heterocycles. The number of rotatable bonds is 4. The van der Waals surface area contributed by atoms with Crippen LogP contribution in [-0.4, -0.2) is 17.8 Å². The third kappa shape index (κ3) is 2.69. The Bertz CT molecular complexity index is 347. The number of hydrogen-bond acceptors (Lipinski definition) is 2. The van der Waals surface area contributed by atoms with Gasteiger partial charge in [-0.05, 0) is 49.4 Å². The van der Waals surface area contributed by atoms with Crippen LogP contribution in [0.4, 0.5) is 4.39 Å². The van der Waals surface area contributed by atoms with Crippen LogP contribution in [0, 0.1) is 18.7 Å². The lowest BCUT2D eigenvalue weighted by Crippen LogP contribution is -2.19. The zero-order chi connectivity index (χ0) is 10.8. The van der Waals surface area contributed by atoms with Crippen molar-refractivity contribution in [2.45, 2.75) is 25.9 Å². The highest BCUT2D eigenvalue weighted by atomic mass is 19.1. The van der Waals surface area contributed by atoms with E-state index in [-0.39, 0.29) is 11.9 Å². The average Bonchev–Trinajstić information content (AvgIpc) is 2.99. The van der Waals surface area contributed by atoms with Gasteiger partial charge in [0.05, 0.1) is 6.10 Å². The molecule has 0 radical (unpaired) electrons. The molecule has 15 heavy (non-hydrogen) atoms. The topological polar surface area (TPSA) is 29.5 Å². The molecule has 82 valence electrons. The van der Waals surface area contributed by atoms with E-state index in [9.17, 15) is 9.50 Å². The number of halogens is 1. The predicted molar refractivity (Wildman–Crippen MR) is 55.4 cm³/mol. The first-order chi connectivity index (χ1) is 7.16. The van der Waals surface area contributed by atoms with Crippen molar-refractivity contribution in [1.82, 2.24) is 0 Å². The SMILES string of the molecule is Cc1cc(F)ccc1OCC(O)C1CC1. The van der Waals surface area contributed by atoms with E-state index in [0.717, 1.165) is 18.4 Å². The van der Waals surface area contributed by atoms with E-state index < -0.39 is 0 Å². The smallest absolute Gasteiger partial charge is 0.123 e. The van der Waals surface area contributed by atoms with Crippen LogP contribution in [0.3, 0.4) is 0 Å². The fourth-order valence-corrected chi connectivity index (χ4v) is 1.57. The molecular formula is C12H15FO2. The van der Waals surface area contributed by atoms with Gasteiger partial charge in [-0.2, -0.15) is 0 Å². The van der Waals surface area contributed by atoms with Crippen molar-refractivity contribution >= 4 is 0 Å². The van der Waals surface area contributed by atoms with Gasteiger partial charge in [0.15, 0.2) is 0 Å². The summed E-state index contributed by atoms with van der Waals surface area (Å²) in [5.74, 6) is 0.796. The second kappa shape index (κ2) is 4.19. The Hall–Kier alpha value is -1.09. The lowest BCUT2D eigenvalue weighted by molar-refractivity contribution is 0.0891. The predicted octanol–water partition coefficient (Wildman–Crippen LogP) is 2.28. The Morgan fingerprint density at radius 2 is 2.27 bits per heavy atom. The third-order valence-electron chi connectivity index (χ3n) is 2.71. The van der Waals surface area contributed by atoms with Gasteiger partial charge in [0, 0.05) is 0 Å². The molecule has 1 aromatic carbocycles. The molecule has 2 rings (SSSR count). The molecule has 0 bridgehead atoms. The summed E-state index contributed by atoms with van der Waals surface area (Å²) in [5.41, 5.74) is 0.762. The van der Waals surface area contributed by atoms with E-state index in [1.807, 2.05) is 0 Å². The number of benzene rings is 1. The van der Waals surface area contributed by atoms with E-state index in [0.29, 0.717) is 18.3 Å². The summed E-state index contributed by atoms with van der Waals surface area (Å²) >= 11 is 0. The average molecular weight is 210 g/mol. The van der Waals surface area contributed by atoms with Gasteiger partial charge in [-0.15, -0.1) is 0 Å². The largest absolute Gasteiger partial charge is 0.491 e. The van der Waals surface area contributed by atoms with Gasteiger partial charge in [-0.3, -0.25) is 0 Å². The maximum Gasteiger partial charge on any atom is 0.123 e. The fraction of sp³-hybridized carbons (Fsp3) is 0.500. The maximum atomic E-state index is 12.8. The van der Waals surface area contributed by atoms with Crippen LogP contribution in [-0.2, 0) is 0 Å². The van der Waals surface area contributed by atoms with Crippen LogP contribution in [0.1, 0.15) is 18.4 Å². The van der Waals surface area contributed by atoms with Crippen LogP contribution >= 0.6 is 0 Å². The van der Waals surface area contributed by atoms with Gasteiger partial charge in [-0.25, -0.2) is 4.39 Å². The summed E-state index contributed by atoms with van der Waals surface area (Å²) in [6.07, 6.45) is 1.80. The van der Waals surface area contributed by atoms with E-state index >= 15 is 0 Å². The summed E-state index contributed by atoms with van der Waals surface area (Å²) in [6, 6.07) is 4.40. The molecule has 0 heterocycles. The number of aliphatic hydroxyl groups excluding tert-OH is 1. The van der Waals surface area contributed by atoms with E-state index in [1.54, 1.807) is 13.0 Å². The molecule has 0 amide bonds. The van der Waals surface area contributed by atoms with Crippen molar-refractivity contribution in [1.29, 1.82) is 0 Å². The Labute approximate surface area is 88.7 Å². The Morgan fingerprint density at radius 3 is 2.87 bits per heavy atom. The van der Waals surface area contributed by atoms with E-state index in [2.05, 4.69) is 0 Å². The molecule has 1 fully saturated rings. The molecule has 1 aliphatic carbocycles. The Kier molecular flexibility index (Phi) is 2.91. The minimum atomic E-state index is -0.380. The summed E-state index contributed by atoms with van der Waals surface area (Å²) in [6.45, 7) is 2.10. The number of aliphatic hydroxyl groups is 1.